The smallest absolute Gasteiger partial charge is 0.311 e. The van der Waals surface area contributed by atoms with Gasteiger partial charge in [0.2, 0.25) is 0 Å². The molecule has 0 fully saturated rings. The van der Waals surface area contributed by atoms with Gasteiger partial charge in [-0.15, -0.1) is 0 Å². The number of pyridine rings is 1. The Morgan fingerprint density at radius 1 is 1.53 bits per heavy atom. The third-order valence-corrected chi connectivity index (χ3v) is 3.80. The quantitative estimate of drug-likeness (QED) is 0.598. The van der Waals surface area contributed by atoms with Crippen LogP contribution < -0.4 is 0 Å². The number of carbonyl (C=O) groups excluding carboxylic acids is 1. The molecule has 1 heterocycles. The fraction of sp³-hybridized carbons (Fsp3) is 0.400. The van der Waals surface area contributed by atoms with Crippen molar-refractivity contribution < 1.29 is 18.3 Å². The van der Waals surface area contributed by atoms with Gasteiger partial charge in [0.15, 0.2) is 0 Å². The summed E-state index contributed by atoms with van der Waals surface area (Å²) < 4.78 is 30.5. The van der Waals surface area contributed by atoms with Gasteiger partial charge in [-0.05, 0) is 44.8 Å². The average Bonchev–Trinajstić information content (AvgIpc) is 2.23. The van der Waals surface area contributed by atoms with Gasteiger partial charge in [0.25, 0.3) is 6.43 Å². The second-order valence-corrected chi connectivity index (χ2v) is 4.63. The van der Waals surface area contributed by atoms with Crippen LogP contribution in [0.2, 0.25) is 0 Å². The lowest BCUT2D eigenvalue weighted by atomic mass is 10.2. The van der Waals surface area contributed by atoms with Crippen LogP contribution in [0.25, 0.3) is 0 Å². The van der Waals surface area contributed by atoms with Crippen LogP contribution in [0.3, 0.4) is 0 Å². The third kappa shape index (κ3) is 3.99. The minimum absolute atomic E-state index is 0.126. The van der Waals surface area contributed by atoms with Crippen LogP contribution in [0.4, 0.5) is 8.78 Å². The van der Waals surface area contributed by atoms with Crippen LogP contribution in [-0.2, 0) is 16.0 Å². The van der Waals surface area contributed by atoms with Crippen molar-refractivity contribution >= 4 is 37.8 Å². The molecular weight excluding hydrogens is 364 g/mol. The summed E-state index contributed by atoms with van der Waals surface area (Å²) >= 11 is 6.06. The molecule has 1 aromatic rings. The highest BCUT2D eigenvalue weighted by Crippen LogP contribution is 2.32. The number of carbonyl (C=O) groups is 1. The van der Waals surface area contributed by atoms with E-state index in [9.17, 15) is 13.6 Å². The van der Waals surface area contributed by atoms with Crippen molar-refractivity contribution in [2.45, 2.75) is 19.8 Å². The van der Waals surface area contributed by atoms with E-state index in [2.05, 4.69) is 36.8 Å². The molecule has 1 rings (SSSR count). The Morgan fingerprint density at radius 2 is 2.18 bits per heavy atom. The van der Waals surface area contributed by atoms with Crippen molar-refractivity contribution in [3.8, 4) is 0 Å². The van der Waals surface area contributed by atoms with E-state index in [4.69, 9.17) is 4.74 Å². The van der Waals surface area contributed by atoms with Gasteiger partial charge in [0.05, 0.1) is 23.2 Å². The van der Waals surface area contributed by atoms with Gasteiger partial charge in [0, 0.05) is 5.56 Å². The van der Waals surface area contributed by atoms with Crippen molar-refractivity contribution in [3.63, 3.8) is 0 Å². The number of esters is 1. The predicted molar refractivity (Wildman–Crippen MR) is 64.9 cm³/mol. The van der Waals surface area contributed by atoms with Gasteiger partial charge in [-0.1, -0.05) is 0 Å². The molecule has 0 saturated carbocycles. The molecule has 0 saturated heterocycles. The Morgan fingerprint density at radius 3 is 2.71 bits per heavy atom. The molecule has 94 valence electrons. The summed E-state index contributed by atoms with van der Waals surface area (Å²) in [6.45, 7) is 1.92. The first kappa shape index (κ1) is 14.5. The van der Waals surface area contributed by atoms with Crippen LogP contribution in [0.5, 0.6) is 0 Å². The zero-order chi connectivity index (χ0) is 13.0. The van der Waals surface area contributed by atoms with Crippen molar-refractivity contribution in [3.05, 3.63) is 26.4 Å². The lowest BCUT2D eigenvalue weighted by molar-refractivity contribution is -0.142. The molecule has 0 spiro atoms. The molecule has 0 aromatic carbocycles. The van der Waals surface area contributed by atoms with E-state index in [1.165, 1.54) is 6.07 Å². The van der Waals surface area contributed by atoms with Crippen molar-refractivity contribution in [2.75, 3.05) is 6.61 Å². The Balaban J connectivity index is 2.98. The van der Waals surface area contributed by atoms with Crippen LogP contribution in [0.15, 0.2) is 15.1 Å². The highest BCUT2D eigenvalue weighted by Gasteiger charge is 2.17. The van der Waals surface area contributed by atoms with Crippen LogP contribution in [0, 0.1) is 0 Å². The second-order valence-electron chi connectivity index (χ2n) is 3.09. The number of halogens is 4. The second kappa shape index (κ2) is 6.39. The van der Waals surface area contributed by atoms with Crippen LogP contribution >= 0.6 is 31.9 Å². The lowest BCUT2D eigenvalue weighted by Gasteiger charge is -2.08. The first-order chi connectivity index (χ1) is 7.95. The van der Waals surface area contributed by atoms with Gasteiger partial charge in [-0.3, -0.25) is 4.79 Å². The van der Waals surface area contributed by atoms with E-state index in [0.29, 0.717) is 0 Å². The number of rotatable bonds is 4. The van der Waals surface area contributed by atoms with E-state index in [-0.39, 0.29) is 33.4 Å². The van der Waals surface area contributed by atoms with Crippen molar-refractivity contribution in [2.24, 2.45) is 0 Å². The number of hydrogen-bond donors (Lipinski definition) is 0. The molecule has 0 radical (unpaired) electrons. The van der Waals surface area contributed by atoms with Gasteiger partial charge in [-0.2, -0.15) is 0 Å². The summed E-state index contributed by atoms with van der Waals surface area (Å²) in [7, 11) is 0. The molecular formula is C10H9Br2F2NO2. The zero-order valence-electron chi connectivity index (χ0n) is 8.84. The largest absolute Gasteiger partial charge is 0.466 e. The van der Waals surface area contributed by atoms with E-state index >= 15 is 0 Å². The summed E-state index contributed by atoms with van der Waals surface area (Å²) in [5.41, 5.74) is 0.0417. The van der Waals surface area contributed by atoms with Gasteiger partial charge in [0.1, 0.15) is 4.60 Å². The van der Waals surface area contributed by atoms with E-state index in [1.807, 2.05) is 0 Å². The fourth-order valence-electron chi connectivity index (χ4n) is 1.18. The highest BCUT2D eigenvalue weighted by atomic mass is 79.9. The summed E-state index contributed by atoms with van der Waals surface area (Å²) in [5, 5.41) is 0. The third-order valence-electron chi connectivity index (χ3n) is 1.86. The maximum atomic E-state index is 12.7. The first-order valence-corrected chi connectivity index (χ1v) is 6.32. The number of alkyl halides is 2. The van der Waals surface area contributed by atoms with Crippen LogP contribution in [0.1, 0.15) is 24.6 Å². The molecule has 0 bridgehead atoms. The molecule has 3 nitrogen and oxygen atoms in total. The van der Waals surface area contributed by atoms with Crippen molar-refractivity contribution in [1.82, 2.24) is 4.98 Å². The number of ether oxygens (including phenoxy) is 1. The minimum Gasteiger partial charge on any atom is -0.466 e. The average molecular weight is 373 g/mol. The van der Waals surface area contributed by atoms with Gasteiger partial charge >= 0.3 is 5.97 Å². The van der Waals surface area contributed by atoms with Gasteiger partial charge < -0.3 is 4.74 Å². The maximum absolute atomic E-state index is 12.7. The predicted octanol–water partition coefficient (Wildman–Crippen LogP) is 3.65. The Hall–Kier alpha value is -0.560. The monoisotopic (exact) mass is 371 g/mol. The summed E-state index contributed by atoms with van der Waals surface area (Å²) in [6, 6.07) is 1.19. The summed E-state index contributed by atoms with van der Waals surface area (Å²) in [6.07, 6.45) is -2.76. The maximum Gasteiger partial charge on any atom is 0.311 e. The zero-order valence-corrected chi connectivity index (χ0v) is 12.0. The molecule has 17 heavy (non-hydrogen) atoms. The molecule has 0 aliphatic rings. The molecule has 7 heteroatoms. The molecule has 1 aromatic heterocycles. The SMILES string of the molecule is CCOC(=O)Cc1cc(C(F)F)c(Br)c(Br)n1. The molecule has 0 aliphatic heterocycles. The topological polar surface area (TPSA) is 39.2 Å². The number of aromatic nitrogens is 1. The van der Waals surface area contributed by atoms with Crippen molar-refractivity contribution in [1.29, 1.82) is 0 Å². The fourth-order valence-corrected chi connectivity index (χ4v) is 2.01. The minimum atomic E-state index is -2.63. The Kier molecular flexibility index (Phi) is 5.45. The van der Waals surface area contributed by atoms with Crippen LogP contribution in [-0.4, -0.2) is 17.6 Å². The number of hydrogen-bond acceptors (Lipinski definition) is 3. The molecule has 0 N–H and O–H groups in total. The molecule has 0 amide bonds. The van der Waals surface area contributed by atoms with E-state index in [1.54, 1.807) is 6.92 Å². The standard InChI is InChI=1S/C10H9Br2F2NO2/c1-2-17-7(16)4-5-3-6(10(13)14)8(11)9(12)15-5/h3,10H,2,4H2,1H3. The summed E-state index contributed by atoms with van der Waals surface area (Å²) in [4.78, 5) is 15.2. The normalized spacial score (nSPS) is 10.7. The lowest BCUT2D eigenvalue weighted by Crippen LogP contribution is -2.09. The molecule has 0 aliphatic carbocycles. The molecule has 0 unspecified atom stereocenters. The van der Waals surface area contributed by atoms with E-state index in [0.717, 1.165) is 0 Å². The summed E-state index contributed by atoms with van der Waals surface area (Å²) in [5.74, 6) is -0.491. The first-order valence-electron chi connectivity index (χ1n) is 4.74. The van der Waals surface area contributed by atoms with Gasteiger partial charge in [-0.25, -0.2) is 13.8 Å². The highest BCUT2D eigenvalue weighted by molar-refractivity contribution is 9.13. The Bertz CT molecular complexity index is 427. The van der Waals surface area contributed by atoms with E-state index < -0.39 is 12.4 Å². The Labute approximate surface area is 114 Å². The number of nitrogens with zero attached hydrogens (tertiary/aromatic N) is 1. The molecule has 0 atom stereocenters.